The first-order chi connectivity index (χ1) is 12.8. The highest BCUT2D eigenvalue weighted by molar-refractivity contribution is 9.10. The first-order valence-electron chi connectivity index (χ1n) is 8.61. The van der Waals surface area contributed by atoms with Crippen molar-refractivity contribution in [3.63, 3.8) is 0 Å². The molecule has 140 valence electrons. The van der Waals surface area contributed by atoms with Crippen molar-refractivity contribution in [3.05, 3.63) is 74.4 Å². The van der Waals surface area contributed by atoms with E-state index in [4.69, 9.17) is 0 Å². The zero-order valence-electron chi connectivity index (χ0n) is 14.9. The molecule has 2 aromatic rings. The van der Waals surface area contributed by atoms with Crippen LogP contribution in [0.25, 0.3) is 0 Å². The molecule has 1 N–H and O–H groups in total. The van der Waals surface area contributed by atoms with Gasteiger partial charge in [0.15, 0.2) is 11.5 Å². The fraction of sp³-hybridized carbons (Fsp3) is 0.238. The SMILES string of the molecule is CC(C)CC(=O)C1=C(O)C(=O)N(c2ccc(Br)cc2)C1c1ccccc1Br. The Morgan fingerprint density at radius 1 is 1.11 bits per heavy atom. The highest BCUT2D eigenvalue weighted by Crippen LogP contribution is 2.43. The lowest BCUT2D eigenvalue weighted by molar-refractivity contribution is -0.118. The summed E-state index contributed by atoms with van der Waals surface area (Å²) >= 11 is 6.91. The second kappa shape index (κ2) is 7.98. The molecule has 0 saturated heterocycles. The molecule has 1 aliphatic heterocycles. The topological polar surface area (TPSA) is 57.6 Å². The summed E-state index contributed by atoms with van der Waals surface area (Å²) in [4.78, 5) is 27.3. The quantitative estimate of drug-likeness (QED) is 0.580. The lowest BCUT2D eigenvalue weighted by Gasteiger charge is -2.28. The van der Waals surface area contributed by atoms with Crippen LogP contribution in [0.4, 0.5) is 5.69 Å². The molecule has 0 aromatic heterocycles. The zero-order chi connectivity index (χ0) is 19.7. The second-order valence-corrected chi connectivity index (χ2v) is 8.63. The summed E-state index contributed by atoms with van der Waals surface area (Å²) in [7, 11) is 0. The third-order valence-corrected chi connectivity index (χ3v) is 5.66. The number of aliphatic hydroxyl groups excluding tert-OH is 1. The van der Waals surface area contributed by atoms with Crippen molar-refractivity contribution in [2.75, 3.05) is 4.90 Å². The van der Waals surface area contributed by atoms with Gasteiger partial charge in [-0.2, -0.15) is 0 Å². The minimum absolute atomic E-state index is 0.120. The van der Waals surface area contributed by atoms with E-state index in [-0.39, 0.29) is 23.7 Å². The number of anilines is 1. The molecule has 0 aliphatic carbocycles. The van der Waals surface area contributed by atoms with Gasteiger partial charge in [0.1, 0.15) is 0 Å². The largest absolute Gasteiger partial charge is 0.503 e. The predicted octanol–water partition coefficient (Wildman–Crippen LogP) is 5.73. The van der Waals surface area contributed by atoms with E-state index in [1.807, 2.05) is 50.2 Å². The first kappa shape index (κ1) is 19.8. The molecule has 0 fully saturated rings. The van der Waals surface area contributed by atoms with Crippen molar-refractivity contribution >= 4 is 49.2 Å². The van der Waals surface area contributed by atoms with Gasteiger partial charge in [0, 0.05) is 21.1 Å². The number of hydrogen-bond acceptors (Lipinski definition) is 3. The second-order valence-electron chi connectivity index (χ2n) is 6.86. The van der Waals surface area contributed by atoms with Crippen molar-refractivity contribution in [2.45, 2.75) is 26.3 Å². The summed E-state index contributed by atoms with van der Waals surface area (Å²) in [5, 5.41) is 10.6. The van der Waals surface area contributed by atoms with E-state index in [9.17, 15) is 14.7 Å². The average Bonchev–Trinajstić information content (AvgIpc) is 2.87. The zero-order valence-corrected chi connectivity index (χ0v) is 18.1. The Morgan fingerprint density at radius 3 is 2.33 bits per heavy atom. The molecule has 1 atom stereocenters. The van der Waals surface area contributed by atoms with E-state index in [1.165, 1.54) is 4.90 Å². The van der Waals surface area contributed by atoms with Crippen molar-refractivity contribution in [2.24, 2.45) is 5.92 Å². The lowest BCUT2D eigenvalue weighted by atomic mass is 9.92. The average molecular weight is 493 g/mol. The van der Waals surface area contributed by atoms with Crippen LogP contribution in [0, 0.1) is 5.92 Å². The summed E-state index contributed by atoms with van der Waals surface area (Å²) in [6.45, 7) is 3.87. The highest BCUT2D eigenvalue weighted by Gasteiger charge is 2.44. The summed E-state index contributed by atoms with van der Waals surface area (Å²) < 4.78 is 1.65. The number of nitrogens with zero attached hydrogens (tertiary/aromatic N) is 1. The van der Waals surface area contributed by atoms with Gasteiger partial charge in [0.2, 0.25) is 0 Å². The van der Waals surface area contributed by atoms with E-state index in [0.717, 1.165) is 14.5 Å². The van der Waals surface area contributed by atoms with Gasteiger partial charge in [0.25, 0.3) is 5.91 Å². The van der Waals surface area contributed by atoms with Gasteiger partial charge in [-0.15, -0.1) is 0 Å². The van der Waals surface area contributed by atoms with Crippen LogP contribution >= 0.6 is 31.9 Å². The molecule has 0 bridgehead atoms. The molecule has 1 amide bonds. The van der Waals surface area contributed by atoms with Crippen LogP contribution in [-0.4, -0.2) is 16.8 Å². The molecular formula is C21H19Br2NO3. The number of ketones is 1. The fourth-order valence-corrected chi connectivity index (χ4v) is 4.00. The maximum atomic E-state index is 12.9. The Balaban J connectivity index is 2.17. The number of carbonyl (C=O) groups is 2. The number of Topliss-reactive ketones (excluding diaryl/α,β-unsaturated/α-hetero) is 1. The lowest BCUT2D eigenvalue weighted by Crippen LogP contribution is -2.31. The molecule has 27 heavy (non-hydrogen) atoms. The number of carbonyl (C=O) groups excluding carboxylic acids is 2. The third kappa shape index (κ3) is 3.87. The van der Waals surface area contributed by atoms with E-state index in [0.29, 0.717) is 5.69 Å². The number of benzene rings is 2. The Morgan fingerprint density at radius 2 is 1.74 bits per heavy atom. The van der Waals surface area contributed by atoms with Gasteiger partial charge in [-0.3, -0.25) is 14.5 Å². The van der Waals surface area contributed by atoms with Gasteiger partial charge in [-0.25, -0.2) is 0 Å². The van der Waals surface area contributed by atoms with Gasteiger partial charge in [-0.05, 0) is 41.8 Å². The minimum Gasteiger partial charge on any atom is -0.503 e. The monoisotopic (exact) mass is 491 g/mol. The van der Waals surface area contributed by atoms with Crippen molar-refractivity contribution in [3.8, 4) is 0 Å². The third-order valence-electron chi connectivity index (χ3n) is 4.41. The maximum Gasteiger partial charge on any atom is 0.294 e. The van der Waals surface area contributed by atoms with Gasteiger partial charge in [0.05, 0.1) is 11.6 Å². The Kier molecular flexibility index (Phi) is 5.86. The van der Waals surface area contributed by atoms with Gasteiger partial charge in [-0.1, -0.05) is 63.9 Å². The molecule has 1 aliphatic rings. The maximum absolute atomic E-state index is 12.9. The van der Waals surface area contributed by atoms with E-state index in [2.05, 4.69) is 31.9 Å². The molecular weight excluding hydrogens is 474 g/mol. The predicted molar refractivity (Wildman–Crippen MR) is 113 cm³/mol. The first-order valence-corrected chi connectivity index (χ1v) is 10.2. The number of halogens is 2. The molecule has 1 unspecified atom stereocenters. The molecule has 2 aromatic carbocycles. The molecule has 0 spiro atoms. The van der Waals surface area contributed by atoms with Crippen LogP contribution < -0.4 is 4.90 Å². The van der Waals surface area contributed by atoms with E-state index >= 15 is 0 Å². The van der Waals surface area contributed by atoms with Crippen LogP contribution in [-0.2, 0) is 9.59 Å². The Labute approximate surface area is 175 Å². The molecule has 3 rings (SSSR count). The number of rotatable bonds is 5. The van der Waals surface area contributed by atoms with Crippen LogP contribution in [0.2, 0.25) is 0 Å². The number of hydrogen-bond donors (Lipinski definition) is 1. The molecule has 0 radical (unpaired) electrons. The highest BCUT2D eigenvalue weighted by atomic mass is 79.9. The van der Waals surface area contributed by atoms with Crippen LogP contribution in [0.3, 0.4) is 0 Å². The van der Waals surface area contributed by atoms with Crippen molar-refractivity contribution < 1.29 is 14.7 Å². The molecule has 1 heterocycles. The van der Waals surface area contributed by atoms with Crippen molar-refractivity contribution in [1.82, 2.24) is 0 Å². The molecule has 0 saturated carbocycles. The molecule has 4 nitrogen and oxygen atoms in total. The van der Waals surface area contributed by atoms with Crippen LogP contribution in [0.1, 0.15) is 31.9 Å². The van der Waals surface area contributed by atoms with Crippen molar-refractivity contribution in [1.29, 1.82) is 0 Å². The van der Waals surface area contributed by atoms with Crippen LogP contribution in [0.15, 0.2) is 68.8 Å². The Bertz CT molecular complexity index is 919. The number of aliphatic hydroxyl groups is 1. The smallest absolute Gasteiger partial charge is 0.294 e. The van der Waals surface area contributed by atoms with Gasteiger partial charge >= 0.3 is 0 Å². The summed E-state index contributed by atoms with van der Waals surface area (Å²) in [6, 6.07) is 14.0. The minimum atomic E-state index is -0.680. The summed E-state index contributed by atoms with van der Waals surface area (Å²) in [6.07, 6.45) is 0.266. The Hall–Kier alpha value is -1.92. The van der Waals surface area contributed by atoms with Gasteiger partial charge < -0.3 is 5.11 Å². The summed E-state index contributed by atoms with van der Waals surface area (Å²) in [5.74, 6) is -1.12. The standard InChI is InChI=1S/C21H19Br2NO3/c1-12(2)11-17(25)18-19(15-5-3-4-6-16(15)23)24(21(27)20(18)26)14-9-7-13(22)8-10-14/h3-10,12,19,26H,11H2,1-2H3. The summed E-state index contributed by atoms with van der Waals surface area (Å²) in [5.41, 5.74) is 1.52. The number of amides is 1. The fourth-order valence-electron chi connectivity index (χ4n) is 3.23. The normalized spacial score (nSPS) is 17.1. The van der Waals surface area contributed by atoms with E-state index in [1.54, 1.807) is 12.1 Å². The van der Waals surface area contributed by atoms with Crippen LogP contribution in [0.5, 0.6) is 0 Å². The van der Waals surface area contributed by atoms with E-state index < -0.39 is 17.7 Å². The molecule has 6 heteroatoms.